The summed E-state index contributed by atoms with van der Waals surface area (Å²) in [5.41, 5.74) is 0.866. The second-order valence-corrected chi connectivity index (χ2v) is 8.95. The molecule has 0 atom stereocenters. The summed E-state index contributed by atoms with van der Waals surface area (Å²) in [6.07, 6.45) is 1.08. The molecule has 118 valence electrons. The predicted molar refractivity (Wildman–Crippen MR) is 87.6 cm³/mol. The van der Waals surface area contributed by atoms with Gasteiger partial charge in [0.15, 0.2) is 0 Å². The van der Waals surface area contributed by atoms with Crippen LogP contribution in [0.3, 0.4) is 0 Å². The number of aliphatic hydroxyl groups is 1. The molecule has 0 aliphatic carbocycles. The Balaban J connectivity index is 2.50. The zero-order valence-corrected chi connectivity index (χ0v) is 14.4. The van der Waals surface area contributed by atoms with Gasteiger partial charge in [-0.05, 0) is 17.9 Å². The highest BCUT2D eigenvalue weighted by atomic mass is 32.2. The summed E-state index contributed by atoms with van der Waals surface area (Å²) in [4.78, 5) is 0.933. The first-order valence-electron chi connectivity index (χ1n) is 6.86. The van der Waals surface area contributed by atoms with Gasteiger partial charge in [0.25, 0.3) is 0 Å². The number of nitrogens with one attached hydrogen (secondary N) is 1. The molecule has 0 aromatic carbocycles. The van der Waals surface area contributed by atoms with Crippen LogP contribution < -0.4 is 4.72 Å². The van der Waals surface area contributed by atoms with E-state index in [-0.39, 0.29) is 17.8 Å². The van der Waals surface area contributed by atoms with Crippen molar-refractivity contribution >= 4 is 21.4 Å². The van der Waals surface area contributed by atoms with Gasteiger partial charge in [-0.1, -0.05) is 32.6 Å². The second-order valence-electron chi connectivity index (χ2n) is 6.03. The van der Waals surface area contributed by atoms with Crippen molar-refractivity contribution in [2.24, 2.45) is 5.41 Å². The fourth-order valence-electron chi connectivity index (χ4n) is 1.45. The van der Waals surface area contributed by atoms with Crippen LogP contribution in [0.25, 0.3) is 0 Å². The number of hydrogen-bond donors (Lipinski definition) is 2. The molecule has 1 aromatic heterocycles. The molecule has 1 rings (SSSR count). The molecule has 0 unspecified atom stereocenters. The molecule has 21 heavy (non-hydrogen) atoms. The smallest absolute Gasteiger partial charge is 0.211 e. The van der Waals surface area contributed by atoms with E-state index < -0.39 is 10.0 Å². The first-order chi connectivity index (χ1) is 9.72. The van der Waals surface area contributed by atoms with Crippen molar-refractivity contribution in [3.05, 3.63) is 21.9 Å². The van der Waals surface area contributed by atoms with Gasteiger partial charge < -0.3 is 5.11 Å². The molecular formula is C15H23NO3S2. The maximum atomic E-state index is 11.9. The molecule has 0 aliphatic heterocycles. The normalized spacial score (nSPS) is 12.0. The van der Waals surface area contributed by atoms with E-state index >= 15 is 0 Å². The van der Waals surface area contributed by atoms with Crippen LogP contribution in [0.15, 0.2) is 11.4 Å². The highest BCUT2D eigenvalue weighted by Gasteiger charge is 2.17. The van der Waals surface area contributed by atoms with Gasteiger partial charge in [-0.25, -0.2) is 13.1 Å². The molecule has 0 saturated carbocycles. The van der Waals surface area contributed by atoms with Crippen molar-refractivity contribution in [3.63, 3.8) is 0 Å². The zero-order chi connectivity index (χ0) is 15.9. The van der Waals surface area contributed by atoms with Crippen molar-refractivity contribution in [1.29, 1.82) is 0 Å². The molecule has 1 heterocycles. The van der Waals surface area contributed by atoms with Gasteiger partial charge >= 0.3 is 0 Å². The standard InChI is InChI=1S/C15H23NO3S2/c1-15(2,3)7-9-21(18,19)16-11-14-10-13(12-20-14)6-4-5-8-17/h10,12,16-17H,5,7-9,11H2,1-3H3. The van der Waals surface area contributed by atoms with Crippen molar-refractivity contribution in [3.8, 4) is 11.8 Å². The molecule has 0 saturated heterocycles. The third-order valence-electron chi connectivity index (χ3n) is 2.71. The van der Waals surface area contributed by atoms with E-state index in [2.05, 4.69) is 16.6 Å². The Morgan fingerprint density at radius 2 is 2.10 bits per heavy atom. The summed E-state index contributed by atoms with van der Waals surface area (Å²) < 4.78 is 26.4. The van der Waals surface area contributed by atoms with E-state index in [0.717, 1.165) is 10.4 Å². The van der Waals surface area contributed by atoms with E-state index in [1.165, 1.54) is 11.3 Å². The van der Waals surface area contributed by atoms with Crippen LogP contribution in [-0.4, -0.2) is 25.9 Å². The van der Waals surface area contributed by atoms with Gasteiger partial charge in [0.2, 0.25) is 10.0 Å². The van der Waals surface area contributed by atoms with Crippen molar-refractivity contribution < 1.29 is 13.5 Å². The Hall–Kier alpha value is -0.870. The minimum Gasteiger partial charge on any atom is -0.395 e. The average molecular weight is 329 g/mol. The molecule has 0 amide bonds. The number of sulfonamides is 1. The summed E-state index contributed by atoms with van der Waals surface area (Å²) in [5.74, 6) is 5.92. The van der Waals surface area contributed by atoms with Crippen LogP contribution in [0.5, 0.6) is 0 Å². The fraction of sp³-hybridized carbons (Fsp3) is 0.600. The van der Waals surface area contributed by atoms with Crippen LogP contribution in [0.2, 0.25) is 0 Å². The van der Waals surface area contributed by atoms with Gasteiger partial charge in [0.05, 0.1) is 12.4 Å². The number of rotatable bonds is 6. The largest absolute Gasteiger partial charge is 0.395 e. The molecule has 0 fully saturated rings. The monoisotopic (exact) mass is 329 g/mol. The van der Waals surface area contributed by atoms with E-state index in [1.807, 2.05) is 32.2 Å². The summed E-state index contributed by atoms with van der Waals surface area (Å²) >= 11 is 1.48. The van der Waals surface area contributed by atoms with Crippen LogP contribution in [0, 0.1) is 17.3 Å². The second kappa shape index (κ2) is 7.95. The van der Waals surface area contributed by atoms with Gasteiger partial charge in [-0.15, -0.1) is 11.3 Å². The van der Waals surface area contributed by atoms with Crippen LogP contribution >= 0.6 is 11.3 Å². The molecule has 1 aromatic rings. The molecule has 4 nitrogen and oxygen atoms in total. The third-order valence-corrected chi connectivity index (χ3v) is 4.97. The molecule has 0 spiro atoms. The zero-order valence-electron chi connectivity index (χ0n) is 12.8. The Labute approximate surface area is 131 Å². The van der Waals surface area contributed by atoms with Crippen molar-refractivity contribution in [1.82, 2.24) is 4.72 Å². The summed E-state index contributed by atoms with van der Waals surface area (Å²) in [6, 6.07) is 1.88. The Morgan fingerprint density at radius 1 is 1.38 bits per heavy atom. The van der Waals surface area contributed by atoms with E-state index in [1.54, 1.807) is 0 Å². The lowest BCUT2D eigenvalue weighted by Crippen LogP contribution is -2.27. The van der Waals surface area contributed by atoms with Crippen LogP contribution in [-0.2, 0) is 16.6 Å². The molecule has 6 heteroatoms. The van der Waals surface area contributed by atoms with Crippen LogP contribution in [0.4, 0.5) is 0 Å². The number of aliphatic hydroxyl groups excluding tert-OH is 1. The minimum atomic E-state index is -3.24. The lowest BCUT2D eigenvalue weighted by Gasteiger charge is -2.17. The minimum absolute atomic E-state index is 0.00709. The first kappa shape index (κ1) is 18.2. The average Bonchev–Trinajstić information content (AvgIpc) is 2.82. The Bertz CT molecular complexity index is 601. The summed E-state index contributed by atoms with van der Waals surface area (Å²) in [6.45, 7) is 6.44. The summed E-state index contributed by atoms with van der Waals surface area (Å²) in [7, 11) is -3.24. The summed E-state index contributed by atoms with van der Waals surface area (Å²) in [5, 5.41) is 10.5. The van der Waals surface area contributed by atoms with Crippen LogP contribution in [0.1, 0.15) is 44.1 Å². The third kappa shape index (κ3) is 8.22. The van der Waals surface area contributed by atoms with E-state index in [0.29, 0.717) is 19.4 Å². The van der Waals surface area contributed by atoms with Gasteiger partial charge in [-0.3, -0.25) is 0 Å². The van der Waals surface area contributed by atoms with Crippen molar-refractivity contribution in [2.45, 2.75) is 40.2 Å². The fourth-order valence-corrected chi connectivity index (χ4v) is 3.70. The van der Waals surface area contributed by atoms with Crippen molar-refractivity contribution in [2.75, 3.05) is 12.4 Å². The van der Waals surface area contributed by atoms with E-state index in [4.69, 9.17) is 5.11 Å². The topological polar surface area (TPSA) is 66.4 Å². The maximum absolute atomic E-state index is 11.9. The Morgan fingerprint density at radius 3 is 2.71 bits per heavy atom. The SMILES string of the molecule is CC(C)(C)CCS(=O)(=O)NCc1cc(C#CCCO)cs1. The quantitative estimate of drug-likeness (QED) is 0.787. The number of thiophene rings is 1. The van der Waals surface area contributed by atoms with Gasteiger partial charge in [0.1, 0.15) is 0 Å². The van der Waals surface area contributed by atoms with Gasteiger partial charge in [0, 0.05) is 28.8 Å². The number of hydrogen-bond acceptors (Lipinski definition) is 4. The van der Waals surface area contributed by atoms with E-state index in [9.17, 15) is 8.42 Å². The highest BCUT2D eigenvalue weighted by molar-refractivity contribution is 7.89. The first-order valence-corrected chi connectivity index (χ1v) is 9.39. The molecule has 0 bridgehead atoms. The van der Waals surface area contributed by atoms with Gasteiger partial charge in [-0.2, -0.15) is 0 Å². The molecular weight excluding hydrogens is 306 g/mol. The Kier molecular flexibility index (Phi) is 6.88. The lowest BCUT2D eigenvalue weighted by molar-refractivity contribution is 0.305. The maximum Gasteiger partial charge on any atom is 0.211 e. The molecule has 2 N–H and O–H groups in total. The highest BCUT2D eigenvalue weighted by Crippen LogP contribution is 2.19. The lowest BCUT2D eigenvalue weighted by atomic mass is 9.94. The molecule has 0 radical (unpaired) electrons. The predicted octanol–water partition coefficient (Wildman–Crippen LogP) is 2.34. The molecule has 0 aliphatic rings.